The van der Waals surface area contributed by atoms with Gasteiger partial charge in [0.25, 0.3) is 0 Å². The molecule has 4 nitrogen and oxygen atoms in total. The summed E-state index contributed by atoms with van der Waals surface area (Å²) in [7, 11) is 0. The number of halogens is 4. The molecule has 1 saturated carbocycles. The summed E-state index contributed by atoms with van der Waals surface area (Å²) < 4.78 is 44.0. The number of hydrogen-bond donors (Lipinski definition) is 0. The SMILES string of the molecule is [CH2-]COc1ccc(OC(F)(F)F)cc1Cl.[Fe+2].[NH-]C(=O)C1CC1. The van der Waals surface area contributed by atoms with Gasteiger partial charge in [-0.25, -0.2) is 0 Å². The first-order chi connectivity index (χ1) is 9.73. The molecular weight excluding hydrogens is 366 g/mol. The van der Waals surface area contributed by atoms with Gasteiger partial charge in [-0.15, -0.1) is 13.2 Å². The van der Waals surface area contributed by atoms with Crippen molar-refractivity contribution in [2.75, 3.05) is 6.61 Å². The van der Waals surface area contributed by atoms with E-state index in [0.29, 0.717) is 0 Å². The third-order valence-electron chi connectivity index (χ3n) is 2.34. The molecule has 0 unspecified atom stereocenters. The molecule has 0 atom stereocenters. The number of nitrogens with one attached hydrogen (secondary N) is 1. The van der Waals surface area contributed by atoms with Crippen molar-refractivity contribution in [2.45, 2.75) is 19.2 Å². The Morgan fingerprint density at radius 1 is 1.41 bits per heavy atom. The van der Waals surface area contributed by atoms with Gasteiger partial charge in [-0.05, 0) is 31.6 Å². The van der Waals surface area contributed by atoms with Crippen LogP contribution in [0.15, 0.2) is 18.2 Å². The third kappa shape index (κ3) is 8.36. The molecule has 0 aliphatic heterocycles. The summed E-state index contributed by atoms with van der Waals surface area (Å²) in [5.74, 6) is -0.370. The molecule has 9 heteroatoms. The number of alkyl halides is 3. The van der Waals surface area contributed by atoms with Crippen molar-refractivity contribution < 1.29 is 44.5 Å². The second-order valence-corrected chi connectivity index (χ2v) is 4.53. The first-order valence-electron chi connectivity index (χ1n) is 5.95. The van der Waals surface area contributed by atoms with Crippen molar-refractivity contribution in [3.05, 3.63) is 35.9 Å². The molecule has 22 heavy (non-hydrogen) atoms. The molecule has 1 aromatic rings. The molecule has 124 valence electrons. The Morgan fingerprint density at radius 2 is 2.00 bits per heavy atom. The first-order valence-corrected chi connectivity index (χ1v) is 6.33. The van der Waals surface area contributed by atoms with Crippen molar-refractivity contribution in [3.63, 3.8) is 0 Å². The summed E-state index contributed by atoms with van der Waals surface area (Å²) in [5.41, 5.74) is 6.46. The predicted molar refractivity (Wildman–Crippen MR) is 71.0 cm³/mol. The Hall–Kier alpha value is -1.11. The van der Waals surface area contributed by atoms with E-state index >= 15 is 0 Å². The summed E-state index contributed by atoms with van der Waals surface area (Å²) in [5, 5.41) is 0.0420. The van der Waals surface area contributed by atoms with Gasteiger partial charge in [-0.3, -0.25) is 0 Å². The molecule has 1 aromatic carbocycles. The normalized spacial score (nSPS) is 13.3. The molecule has 1 aliphatic carbocycles. The van der Waals surface area contributed by atoms with Crippen molar-refractivity contribution in [3.8, 4) is 11.5 Å². The van der Waals surface area contributed by atoms with Crippen LogP contribution in [0.3, 0.4) is 0 Å². The molecule has 1 fully saturated rings. The summed E-state index contributed by atoms with van der Waals surface area (Å²) in [6.45, 7) is 3.55. The van der Waals surface area contributed by atoms with E-state index < -0.39 is 6.36 Å². The second-order valence-electron chi connectivity index (χ2n) is 4.13. The molecule has 0 radical (unpaired) electrons. The van der Waals surface area contributed by atoms with Crippen LogP contribution in [0.4, 0.5) is 13.2 Å². The average Bonchev–Trinajstić information content (AvgIpc) is 3.15. The fourth-order valence-corrected chi connectivity index (χ4v) is 1.48. The van der Waals surface area contributed by atoms with Crippen LogP contribution in [-0.2, 0) is 21.9 Å². The smallest absolute Gasteiger partial charge is 0.668 e. The number of hydrogen-bond acceptors (Lipinski definition) is 3. The zero-order valence-corrected chi connectivity index (χ0v) is 13.1. The maximum atomic E-state index is 11.8. The molecule has 0 spiro atoms. The maximum Gasteiger partial charge on any atom is 2.00 e. The van der Waals surface area contributed by atoms with Crippen LogP contribution in [-0.4, -0.2) is 18.9 Å². The molecule has 2 rings (SSSR count). The molecule has 0 bridgehead atoms. The standard InChI is InChI=1S/C9H7ClF3O2.C4H7NO.Fe/c1-2-14-8-4-3-6(5-7(8)10)15-9(11,12)13;5-4(6)3-1-2-3;/h3-5H,1-2H2;3H,1-2H2,(H2,5,6);/q-1;;+2/p-1. The third-order valence-corrected chi connectivity index (χ3v) is 2.64. The largest absolute Gasteiger partial charge is 2.00 e. The van der Waals surface area contributed by atoms with Crippen molar-refractivity contribution in [1.82, 2.24) is 0 Å². The quantitative estimate of drug-likeness (QED) is 0.574. The van der Waals surface area contributed by atoms with Crippen molar-refractivity contribution >= 4 is 17.5 Å². The molecule has 0 heterocycles. The van der Waals surface area contributed by atoms with Gasteiger partial charge in [0.05, 0.1) is 10.9 Å². The summed E-state index contributed by atoms with van der Waals surface area (Å²) >= 11 is 5.64. The molecule has 0 saturated heterocycles. The van der Waals surface area contributed by atoms with Crippen molar-refractivity contribution in [1.29, 1.82) is 0 Å². The minimum Gasteiger partial charge on any atom is -0.668 e. The van der Waals surface area contributed by atoms with E-state index in [1.54, 1.807) is 0 Å². The van der Waals surface area contributed by atoms with E-state index in [2.05, 4.69) is 11.7 Å². The second kappa shape index (κ2) is 9.12. The topological polar surface area (TPSA) is 59.3 Å². The number of benzene rings is 1. The van der Waals surface area contributed by atoms with Crippen LogP contribution < -0.4 is 9.47 Å². The van der Waals surface area contributed by atoms with Crippen LogP contribution in [0.5, 0.6) is 11.5 Å². The Bertz CT molecular complexity index is 496. The Labute approximate surface area is 141 Å². The van der Waals surface area contributed by atoms with E-state index in [0.717, 1.165) is 25.0 Å². The van der Waals surface area contributed by atoms with Crippen LogP contribution in [0.2, 0.25) is 5.02 Å². The van der Waals surface area contributed by atoms with E-state index in [4.69, 9.17) is 22.1 Å². The van der Waals surface area contributed by atoms with Gasteiger partial charge in [-0.1, -0.05) is 11.6 Å². The average molecular weight is 380 g/mol. The van der Waals surface area contributed by atoms with Gasteiger partial charge in [0.15, 0.2) is 0 Å². The van der Waals surface area contributed by atoms with Crippen LogP contribution in [0.1, 0.15) is 12.8 Å². The van der Waals surface area contributed by atoms with Crippen LogP contribution >= 0.6 is 11.6 Å². The first kappa shape index (κ1) is 20.9. The summed E-state index contributed by atoms with van der Waals surface area (Å²) in [6, 6.07) is 3.43. The fraction of sp³-hybridized carbons (Fsp3) is 0.385. The molecular formula is C13H13ClF3FeNO3. The molecule has 1 amide bonds. The summed E-state index contributed by atoms with van der Waals surface area (Å²) in [6.07, 6.45) is -2.80. The van der Waals surface area contributed by atoms with Crippen LogP contribution in [0, 0.1) is 12.8 Å². The van der Waals surface area contributed by atoms with Gasteiger partial charge >= 0.3 is 23.4 Å². The number of amides is 1. The number of rotatable bonds is 4. The van der Waals surface area contributed by atoms with Crippen molar-refractivity contribution in [2.24, 2.45) is 5.92 Å². The zero-order chi connectivity index (χ0) is 16.0. The van der Waals surface area contributed by atoms with E-state index in [9.17, 15) is 18.0 Å². The number of carbonyl (C=O) groups excluding carboxylic acids is 1. The Balaban J connectivity index is 0.000000529. The van der Waals surface area contributed by atoms with E-state index in [-0.39, 0.29) is 52.0 Å². The molecule has 1 aliphatic rings. The monoisotopic (exact) mass is 379 g/mol. The zero-order valence-electron chi connectivity index (χ0n) is 11.2. The van der Waals surface area contributed by atoms with E-state index in [1.807, 2.05) is 0 Å². The Morgan fingerprint density at radius 3 is 2.32 bits per heavy atom. The maximum absolute atomic E-state index is 11.8. The minimum absolute atomic E-state index is 0. The Kier molecular flexibility index (Phi) is 8.66. The summed E-state index contributed by atoms with van der Waals surface area (Å²) in [4.78, 5) is 9.87. The van der Waals surface area contributed by atoms with Crippen LogP contribution in [0.25, 0.3) is 5.73 Å². The predicted octanol–water partition coefficient (Wildman–Crippen LogP) is 4.42. The van der Waals surface area contributed by atoms with Gasteiger partial charge in [0.2, 0.25) is 0 Å². The molecule has 1 N–H and O–H groups in total. The fourth-order valence-electron chi connectivity index (χ4n) is 1.25. The van der Waals surface area contributed by atoms with Gasteiger partial charge in [0.1, 0.15) is 11.5 Å². The van der Waals surface area contributed by atoms with E-state index in [1.165, 1.54) is 6.07 Å². The molecule has 0 aromatic heterocycles. The number of carbonyl (C=O) groups is 1. The van der Waals surface area contributed by atoms with Gasteiger partial charge in [-0.2, -0.15) is 0 Å². The minimum atomic E-state index is -4.72. The van der Waals surface area contributed by atoms with Gasteiger partial charge < -0.3 is 26.9 Å². The number of ether oxygens (including phenoxy) is 2. The van der Waals surface area contributed by atoms with Gasteiger partial charge in [0, 0.05) is 12.0 Å².